The Hall–Kier alpha value is -0.130. The first kappa shape index (κ1) is 8.96. The Labute approximate surface area is 81.6 Å². The molecule has 1 aromatic carbocycles. The van der Waals surface area contributed by atoms with Gasteiger partial charge in [0.25, 0.3) is 0 Å². The summed E-state index contributed by atoms with van der Waals surface area (Å²) in [7, 11) is 0. The summed E-state index contributed by atoms with van der Waals surface area (Å²) in [4.78, 5) is 1.35. The summed E-state index contributed by atoms with van der Waals surface area (Å²) < 4.78 is 4.68. The van der Waals surface area contributed by atoms with E-state index < -0.39 is 0 Å². The smallest absolute Gasteiger partial charge is 0.152 e. The third kappa shape index (κ3) is 1.91. The lowest BCUT2D eigenvalue weighted by Crippen LogP contribution is -1.88. The van der Waals surface area contributed by atoms with Crippen LogP contribution in [-0.4, -0.2) is 0 Å². The van der Waals surface area contributed by atoms with Crippen LogP contribution < -0.4 is 9.92 Å². The van der Waals surface area contributed by atoms with Crippen LogP contribution in [0.25, 0.3) is 0 Å². The Balaban J connectivity index is 3.21. The molecule has 0 aromatic heterocycles. The van der Waals surface area contributed by atoms with Crippen LogP contribution >= 0.6 is 38.2 Å². The van der Waals surface area contributed by atoms with Gasteiger partial charge in [-0.25, -0.2) is 0 Å². The van der Waals surface area contributed by atoms with Crippen LogP contribution in [0.4, 0.5) is 5.69 Å². The third-order valence-electron chi connectivity index (χ3n) is 1.21. The van der Waals surface area contributed by atoms with Crippen molar-refractivity contribution in [2.75, 3.05) is 5.73 Å². The summed E-state index contributed by atoms with van der Waals surface area (Å²) in [5.74, 6) is 0.534. The van der Waals surface area contributed by atoms with Crippen LogP contribution in [0.3, 0.4) is 0 Å². The molecule has 2 nitrogen and oxygen atoms in total. The molecule has 0 fully saturated rings. The van der Waals surface area contributed by atoms with Crippen molar-refractivity contribution in [3.63, 3.8) is 0 Å². The molecular formula is C6H7NOS3. The molecule has 0 amide bonds. The van der Waals surface area contributed by atoms with E-state index in [1.165, 1.54) is 0 Å². The molecule has 0 heterocycles. The maximum absolute atomic E-state index is 5.54. The molecule has 2 N–H and O–H groups in total. The molecular weight excluding hydrogens is 198 g/mol. The van der Waals surface area contributed by atoms with E-state index in [1.807, 2.05) is 0 Å². The summed E-state index contributed by atoms with van der Waals surface area (Å²) in [6, 6.07) is 3.32. The SMILES string of the molecule is Nc1cc(OS)c(S)cc1S. The fraction of sp³-hybridized carbons (Fsp3) is 0. The van der Waals surface area contributed by atoms with E-state index in [2.05, 4.69) is 42.4 Å². The zero-order valence-corrected chi connectivity index (χ0v) is 8.17. The zero-order valence-electron chi connectivity index (χ0n) is 5.48. The highest BCUT2D eigenvalue weighted by Crippen LogP contribution is 2.30. The minimum Gasteiger partial charge on any atom is -0.428 e. The minimum atomic E-state index is 0.534. The topological polar surface area (TPSA) is 35.2 Å². The van der Waals surface area contributed by atoms with Crippen LogP contribution in [-0.2, 0) is 0 Å². The number of hydrogen-bond acceptors (Lipinski definition) is 5. The second kappa shape index (κ2) is 3.51. The lowest BCUT2D eigenvalue weighted by molar-refractivity contribution is 0.640. The molecule has 0 aliphatic carbocycles. The quantitative estimate of drug-likeness (QED) is 0.322. The van der Waals surface area contributed by atoms with E-state index in [9.17, 15) is 0 Å². The lowest BCUT2D eigenvalue weighted by atomic mass is 10.3. The number of nitrogen functional groups attached to an aromatic ring is 1. The molecule has 0 bridgehead atoms. The third-order valence-corrected chi connectivity index (χ3v) is 2.14. The average Bonchev–Trinajstić information content (AvgIpc) is 1.97. The van der Waals surface area contributed by atoms with E-state index in [1.54, 1.807) is 12.1 Å². The predicted octanol–water partition coefficient (Wildman–Crippen LogP) is 2.07. The first-order valence-corrected chi connectivity index (χ1v) is 4.04. The van der Waals surface area contributed by atoms with Gasteiger partial charge >= 0.3 is 0 Å². The maximum atomic E-state index is 5.54. The Kier molecular flexibility index (Phi) is 2.86. The normalized spacial score (nSPS) is 9.73. The van der Waals surface area contributed by atoms with Crippen LogP contribution in [0.2, 0.25) is 0 Å². The van der Waals surface area contributed by atoms with E-state index in [0.717, 1.165) is 0 Å². The Bertz CT molecular complexity index is 277. The molecule has 0 unspecified atom stereocenters. The number of thiol groups is 3. The van der Waals surface area contributed by atoms with Crippen molar-refractivity contribution in [3.05, 3.63) is 12.1 Å². The molecule has 0 radical (unpaired) electrons. The van der Waals surface area contributed by atoms with Gasteiger partial charge in [-0.2, -0.15) is 0 Å². The van der Waals surface area contributed by atoms with Gasteiger partial charge in [0.2, 0.25) is 0 Å². The number of nitrogens with two attached hydrogens (primary N) is 1. The Morgan fingerprint density at radius 3 is 2.36 bits per heavy atom. The predicted molar refractivity (Wildman–Crippen MR) is 55.0 cm³/mol. The molecule has 0 saturated heterocycles. The van der Waals surface area contributed by atoms with Gasteiger partial charge in [0.1, 0.15) is 0 Å². The summed E-state index contributed by atoms with van der Waals surface area (Å²) in [5.41, 5.74) is 6.09. The molecule has 0 spiro atoms. The van der Waals surface area contributed by atoms with Gasteiger partial charge in [0.15, 0.2) is 5.75 Å². The Morgan fingerprint density at radius 2 is 1.82 bits per heavy atom. The van der Waals surface area contributed by atoms with Gasteiger partial charge in [-0.15, -0.1) is 25.3 Å². The lowest BCUT2D eigenvalue weighted by Gasteiger charge is -2.04. The fourth-order valence-electron chi connectivity index (χ4n) is 0.646. The van der Waals surface area contributed by atoms with Crippen molar-refractivity contribution < 1.29 is 4.18 Å². The number of anilines is 1. The van der Waals surface area contributed by atoms with Crippen molar-refractivity contribution in [1.82, 2.24) is 0 Å². The van der Waals surface area contributed by atoms with E-state index >= 15 is 0 Å². The first-order chi connectivity index (χ1) is 5.15. The van der Waals surface area contributed by atoms with Gasteiger partial charge in [-0.1, -0.05) is 0 Å². The fourth-order valence-corrected chi connectivity index (χ4v) is 1.40. The standard InChI is InChI=1S/C6H7NOS3/c7-3-1-4(8-11)6(10)2-5(3)9/h1-2,9-11H,7H2. The molecule has 11 heavy (non-hydrogen) atoms. The molecule has 1 aromatic rings. The minimum absolute atomic E-state index is 0.534. The van der Waals surface area contributed by atoms with Crippen molar-refractivity contribution in [2.24, 2.45) is 0 Å². The van der Waals surface area contributed by atoms with Crippen LogP contribution in [0.15, 0.2) is 21.9 Å². The van der Waals surface area contributed by atoms with Gasteiger partial charge in [0, 0.05) is 34.5 Å². The number of rotatable bonds is 1. The summed E-state index contributed by atoms with van der Waals surface area (Å²) >= 11 is 11.8. The van der Waals surface area contributed by atoms with Crippen molar-refractivity contribution in [1.29, 1.82) is 0 Å². The summed E-state index contributed by atoms with van der Waals surface area (Å²) in [5, 5.41) is 0. The largest absolute Gasteiger partial charge is 0.428 e. The highest BCUT2D eigenvalue weighted by Gasteiger charge is 2.02. The molecule has 1 rings (SSSR count). The number of benzene rings is 1. The van der Waals surface area contributed by atoms with E-state index in [-0.39, 0.29) is 0 Å². The first-order valence-electron chi connectivity index (χ1n) is 2.78. The molecule has 0 aliphatic heterocycles. The second-order valence-corrected chi connectivity index (χ2v) is 3.12. The maximum Gasteiger partial charge on any atom is 0.152 e. The van der Waals surface area contributed by atoms with E-state index in [4.69, 9.17) is 5.73 Å². The zero-order chi connectivity index (χ0) is 8.43. The van der Waals surface area contributed by atoms with Crippen LogP contribution in [0.5, 0.6) is 5.75 Å². The van der Waals surface area contributed by atoms with Gasteiger partial charge in [0.05, 0.1) is 0 Å². The van der Waals surface area contributed by atoms with Crippen molar-refractivity contribution >= 4 is 43.9 Å². The van der Waals surface area contributed by atoms with Crippen molar-refractivity contribution in [2.45, 2.75) is 9.79 Å². The highest BCUT2D eigenvalue weighted by molar-refractivity contribution is 7.81. The molecule has 5 heteroatoms. The summed E-state index contributed by atoms with van der Waals surface area (Å²) in [6.45, 7) is 0. The van der Waals surface area contributed by atoms with E-state index in [0.29, 0.717) is 21.2 Å². The molecule has 60 valence electrons. The van der Waals surface area contributed by atoms with Crippen LogP contribution in [0, 0.1) is 0 Å². The van der Waals surface area contributed by atoms with Gasteiger partial charge in [-0.05, 0) is 6.07 Å². The molecule has 0 saturated carbocycles. The summed E-state index contributed by atoms with van der Waals surface area (Å²) in [6.07, 6.45) is 0. The van der Waals surface area contributed by atoms with Gasteiger partial charge < -0.3 is 9.92 Å². The molecule has 0 atom stereocenters. The average molecular weight is 205 g/mol. The second-order valence-electron chi connectivity index (χ2n) is 1.97. The number of hydrogen-bond donors (Lipinski definition) is 4. The highest BCUT2D eigenvalue weighted by atomic mass is 32.1. The Morgan fingerprint density at radius 1 is 1.18 bits per heavy atom. The molecule has 0 aliphatic rings. The van der Waals surface area contributed by atoms with Crippen LogP contribution in [0.1, 0.15) is 0 Å². The van der Waals surface area contributed by atoms with Crippen molar-refractivity contribution in [3.8, 4) is 5.75 Å². The monoisotopic (exact) mass is 205 g/mol. The van der Waals surface area contributed by atoms with Gasteiger partial charge in [-0.3, -0.25) is 0 Å².